The quantitative estimate of drug-likeness (QED) is 0.804. The van der Waals surface area contributed by atoms with Crippen LogP contribution in [0, 0.1) is 11.9 Å². The molecule has 0 bridgehead atoms. The van der Waals surface area contributed by atoms with Crippen molar-refractivity contribution in [3.8, 4) is 11.5 Å². The molecule has 1 radical (unpaired) electrons. The van der Waals surface area contributed by atoms with Crippen LogP contribution >= 0.6 is 0 Å². The molecule has 87 valence electrons. The first-order valence-corrected chi connectivity index (χ1v) is 5.21. The topological polar surface area (TPSA) is 18.5 Å². The second-order valence-corrected chi connectivity index (χ2v) is 3.51. The Morgan fingerprint density at radius 1 is 1.18 bits per heavy atom. The van der Waals surface area contributed by atoms with Crippen LogP contribution < -0.4 is 9.47 Å². The van der Waals surface area contributed by atoms with Gasteiger partial charge in [-0.3, -0.25) is 0 Å². The summed E-state index contributed by atoms with van der Waals surface area (Å²) < 4.78 is 23.4. The van der Waals surface area contributed by atoms with Crippen molar-refractivity contribution in [3.05, 3.63) is 59.9 Å². The van der Waals surface area contributed by atoms with Gasteiger partial charge in [-0.05, 0) is 29.8 Å². The summed E-state index contributed by atoms with van der Waals surface area (Å²) in [5.41, 5.74) is 0.970. The van der Waals surface area contributed by atoms with Crippen molar-refractivity contribution in [2.75, 3.05) is 7.11 Å². The zero-order valence-corrected chi connectivity index (χ0v) is 9.44. The van der Waals surface area contributed by atoms with E-state index in [2.05, 4.69) is 6.07 Å². The van der Waals surface area contributed by atoms with Crippen molar-refractivity contribution in [1.82, 2.24) is 0 Å². The maximum atomic E-state index is 12.9. The monoisotopic (exact) mass is 231 g/mol. The molecule has 0 aliphatic rings. The molecule has 3 heteroatoms. The van der Waals surface area contributed by atoms with E-state index >= 15 is 0 Å². The minimum atomic E-state index is -0.423. The van der Waals surface area contributed by atoms with Crippen molar-refractivity contribution >= 4 is 0 Å². The molecule has 0 aliphatic heterocycles. The Labute approximate surface area is 99.6 Å². The molecule has 17 heavy (non-hydrogen) atoms. The van der Waals surface area contributed by atoms with Crippen LogP contribution in [-0.4, -0.2) is 7.11 Å². The molecule has 0 amide bonds. The van der Waals surface area contributed by atoms with Crippen LogP contribution in [0.3, 0.4) is 0 Å². The highest BCUT2D eigenvalue weighted by Gasteiger charge is 1.99. The summed E-state index contributed by atoms with van der Waals surface area (Å²) in [6.07, 6.45) is 0. The van der Waals surface area contributed by atoms with Crippen molar-refractivity contribution < 1.29 is 13.9 Å². The Bertz CT molecular complexity index is 497. The van der Waals surface area contributed by atoms with E-state index < -0.39 is 5.82 Å². The molecule has 2 aromatic carbocycles. The van der Waals surface area contributed by atoms with E-state index in [0.29, 0.717) is 12.4 Å². The summed E-state index contributed by atoms with van der Waals surface area (Å²) in [6, 6.07) is 14.4. The van der Waals surface area contributed by atoms with E-state index in [9.17, 15) is 4.39 Å². The highest BCUT2D eigenvalue weighted by molar-refractivity contribution is 5.29. The van der Waals surface area contributed by atoms with Gasteiger partial charge in [0.15, 0.2) is 0 Å². The van der Waals surface area contributed by atoms with Gasteiger partial charge in [0, 0.05) is 12.1 Å². The van der Waals surface area contributed by atoms with E-state index in [1.165, 1.54) is 12.1 Å². The molecule has 0 aliphatic carbocycles. The van der Waals surface area contributed by atoms with E-state index in [0.717, 1.165) is 11.3 Å². The van der Waals surface area contributed by atoms with Crippen LogP contribution in [0.25, 0.3) is 0 Å². The first-order valence-electron chi connectivity index (χ1n) is 5.21. The van der Waals surface area contributed by atoms with E-state index in [4.69, 9.17) is 9.47 Å². The lowest BCUT2D eigenvalue weighted by molar-refractivity contribution is 0.303. The van der Waals surface area contributed by atoms with Crippen LogP contribution in [0.2, 0.25) is 0 Å². The number of ether oxygens (including phenoxy) is 2. The maximum Gasteiger partial charge on any atom is 0.134 e. The summed E-state index contributed by atoms with van der Waals surface area (Å²) in [6.45, 7) is 0.376. The Morgan fingerprint density at radius 2 is 2.06 bits per heavy atom. The van der Waals surface area contributed by atoms with E-state index in [1.54, 1.807) is 13.2 Å². The van der Waals surface area contributed by atoms with Gasteiger partial charge in [0.1, 0.15) is 23.9 Å². The van der Waals surface area contributed by atoms with Crippen molar-refractivity contribution in [2.24, 2.45) is 0 Å². The third-order valence-electron chi connectivity index (χ3n) is 2.28. The van der Waals surface area contributed by atoms with E-state index in [-0.39, 0.29) is 0 Å². The van der Waals surface area contributed by atoms with Gasteiger partial charge < -0.3 is 9.47 Å². The minimum Gasteiger partial charge on any atom is -0.497 e. The standard InChI is InChI=1S/C14H12FO2/c1-16-13-6-2-4-11(8-13)10-17-14-7-3-5-12(15)9-14/h2-4,6-9H,10H2,1H3. The van der Waals surface area contributed by atoms with Crippen molar-refractivity contribution in [2.45, 2.75) is 6.61 Å². The molecule has 0 N–H and O–H groups in total. The third-order valence-corrected chi connectivity index (χ3v) is 2.28. The lowest BCUT2D eigenvalue weighted by Gasteiger charge is -2.07. The van der Waals surface area contributed by atoms with Crippen LogP contribution in [0.1, 0.15) is 5.56 Å². The Hall–Kier alpha value is -2.03. The molecule has 2 aromatic rings. The SMILES string of the molecule is COc1cccc(COc2cc[c]c(F)c2)c1. The van der Waals surface area contributed by atoms with Crippen molar-refractivity contribution in [3.63, 3.8) is 0 Å². The number of hydrogen-bond acceptors (Lipinski definition) is 2. The molecule has 0 heterocycles. The molecule has 0 atom stereocenters. The third kappa shape index (κ3) is 3.21. The summed E-state index contributed by atoms with van der Waals surface area (Å²) in [5, 5.41) is 0. The zero-order chi connectivity index (χ0) is 12.1. The average molecular weight is 231 g/mol. The van der Waals surface area contributed by atoms with Gasteiger partial charge in [-0.25, -0.2) is 4.39 Å². The van der Waals surface area contributed by atoms with Gasteiger partial charge in [0.05, 0.1) is 7.11 Å². The largest absolute Gasteiger partial charge is 0.497 e. The van der Waals surface area contributed by atoms with Crippen molar-refractivity contribution in [1.29, 1.82) is 0 Å². The number of halogens is 1. The first kappa shape index (κ1) is 11.5. The fraction of sp³-hybridized carbons (Fsp3) is 0.143. The summed E-state index contributed by atoms with van der Waals surface area (Å²) in [4.78, 5) is 0. The minimum absolute atomic E-state index is 0.376. The average Bonchev–Trinajstić information content (AvgIpc) is 2.37. The maximum absolute atomic E-state index is 12.9. The normalized spacial score (nSPS) is 10.0. The first-order chi connectivity index (χ1) is 8.28. The summed E-state index contributed by atoms with van der Waals surface area (Å²) in [5.74, 6) is 0.843. The molecule has 2 nitrogen and oxygen atoms in total. The second-order valence-electron chi connectivity index (χ2n) is 3.51. The number of rotatable bonds is 4. The molecule has 0 fully saturated rings. The van der Waals surface area contributed by atoms with E-state index in [1.807, 2.05) is 24.3 Å². The summed E-state index contributed by atoms with van der Waals surface area (Å²) >= 11 is 0. The van der Waals surface area contributed by atoms with Crippen LogP contribution in [-0.2, 0) is 6.61 Å². The second kappa shape index (κ2) is 5.34. The molecular weight excluding hydrogens is 219 g/mol. The fourth-order valence-corrected chi connectivity index (χ4v) is 1.44. The molecule has 2 rings (SSSR count). The highest BCUT2D eigenvalue weighted by atomic mass is 19.1. The molecule has 0 unspecified atom stereocenters. The number of methoxy groups -OCH3 is 1. The molecule has 0 saturated carbocycles. The van der Waals surface area contributed by atoms with Gasteiger partial charge >= 0.3 is 0 Å². The Morgan fingerprint density at radius 3 is 2.82 bits per heavy atom. The molecule has 0 spiro atoms. The fourth-order valence-electron chi connectivity index (χ4n) is 1.44. The summed E-state index contributed by atoms with van der Waals surface area (Å²) in [7, 11) is 1.61. The molecule has 0 saturated heterocycles. The Kier molecular flexibility index (Phi) is 3.60. The highest BCUT2D eigenvalue weighted by Crippen LogP contribution is 2.16. The van der Waals surface area contributed by atoms with Gasteiger partial charge in [0.25, 0.3) is 0 Å². The zero-order valence-electron chi connectivity index (χ0n) is 9.44. The molecular formula is C14H12FO2. The van der Waals surface area contributed by atoms with Crippen LogP contribution in [0.4, 0.5) is 4.39 Å². The number of hydrogen-bond donors (Lipinski definition) is 0. The van der Waals surface area contributed by atoms with Gasteiger partial charge in [-0.15, -0.1) is 0 Å². The Balaban J connectivity index is 2.02. The molecule has 0 aromatic heterocycles. The van der Waals surface area contributed by atoms with Gasteiger partial charge in [0.2, 0.25) is 0 Å². The van der Waals surface area contributed by atoms with Gasteiger partial charge in [-0.2, -0.15) is 0 Å². The predicted molar refractivity (Wildman–Crippen MR) is 62.6 cm³/mol. The van der Waals surface area contributed by atoms with Gasteiger partial charge in [-0.1, -0.05) is 12.1 Å². The van der Waals surface area contributed by atoms with Crippen LogP contribution in [0.15, 0.2) is 42.5 Å². The number of benzene rings is 2. The predicted octanol–water partition coefficient (Wildman–Crippen LogP) is 3.21. The van der Waals surface area contributed by atoms with Crippen LogP contribution in [0.5, 0.6) is 11.5 Å². The lowest BCUT2D eigenvalue weighted by Crippen LogP contribution is -1.96. The lowest BCUT2D eigenvalue weighted by atomic mass is 10.2. The smallest absolute Gasteiger partial charge is 0.134 e.